The van der Waals surface area contributed by atoms with Crippen molar-refractivity contribution in [3.8, 4) is 5.88 Å². The first kappa shape index (κ1) is 24.6. The van der Waals surface area contributed by atoms with E-state index in [1.807, 2.05) is 4.90 Å². The van der Waals surface area contributed by atoms with Crippen LogP contribution in [0.3, 0.4) is 0 Å². The number of alkyl halides is 6. The second kappa shape index (κ2) is 9.25. The lowest BCUT2D eigenvalue weighted by Crippen LogP contribution is -2.47. The molecular formula is C21H24F6N4O3. The van der Waals surface area contributed by atoms with Crippen LogP contribution < -0.4 is 9.64 Å². The summed E-state index contributed by atoms with van der Waals surface area (Å²) in [6, 6.07) is 3.19. The molecule has 1 aliphatic heterocycles. The Balaban J connectivity index is 1.47. The number of anilines is 1. The number of fused-ring (bicyclic) bond motifs is 2. The number of ether oxygens (including phenoxy) is 3. The van der Waals surface area contributed by atoms with Gasteiger partial charge in [0.15, 0.2) is 6.29 Å². The van der Waals surface area contributed by atoms with Crippen molar-refractivity contribution >= 4 is 5.82 Å². The number of piperidine rings is 1. The van der Waals surface area contributed by atoms with Gasteiger partial charge in [0, 0.05) is 51.4 Å². The maximum absolute atomic E-state index is 13.5. The molecule has 7 nitrogen and oxygen atoms in total. The maximum Gasteiger partial charge on any atom is 0.433 e. The molecule has 0 aromatic carbocycles. The van der Waals surface area contributed by atoms with E-state index in [0.717, 1.165) is 35.9 Å². The largest absolute Gasteiger partial charge is 0.473 e. The molecule has 0 amide bonds. The molecule has 2 aliphatic rings. The van der Waals surface area contributed by atoms with Gasteiger partial charge in [-0.25, -0.2) is 4.98 Å². The molecule has 188 valence electrons. The van der Waals surface area contributed by atoms with Gasteiger partial charge < -0.3 is 19.1 Å². The molecule has 2 aromatic rings. The number of hydrogen-bond acceptors (Lipinski definition) is 6. The summed E-state index contributed by atoms with van der Waals surface area (Å²) >= 11 is 0. The van der Waals surface area contributed by atoms with E-state index in [1.54, 1.807) is 0 Å². The summed E-state index contributed by atoms with van der Waals surface area (Å²) < 4.78 is 95.7. The molecular weight excluding hydrogens is 470 g/mol. The van der Waals surface area contributed by atoms with Crippen LogP contribution in [0.5, 0.6) is 5.88 Å². The van der Waals surface area contributed by atoms with Gasteiger partial charge in [0.25, 0.3) is 0 Å². The van der Waals surface area contributed by atoms with E-state index in [-0.39, 0.29) is 30.4 Å². The minimum atomic E-state index is -4.64. The van der Waals surface area contributed by atoms with Crippen molar-refractivity contribution in [2.24, 2.45) is 11.8 Å². The van der Waals surface area contributed by atoms with E-state index in [9.17, 15) is 26.3 Å². The minimum Gasteiger partial charge on any atom is -0.473 e. The molecule has 34 heavy (non-hydrogen) atoms. The van der Waals surface area contributed by atoms with Gasteiger partial charge in [0.1, 0.15) is 17.6 Å². The normalized spacial score (nSPS) is 23.1. The Hall–Kier alpha value is -2.54. The highest BCUT2D eigenvalue weighted by Crippen LogP contribution is 2.41. The van der Waals surface area contributed by atoms with Crippen molar-refractivity contribution in [2.75, 3.05) is 32.2 Å². The Morgan fingerprint density at radius 1 is 1.00 bits per heavy atom. The average Bonchev–Trinajstić information content (AvgIpc) is 3.27. The fraction of sp³-hybridized carbons (Fsp3) is 0.619. The Kier molecular flexibility index (Phi) is 6.69. The molecule has 0 N–H and O–H groups in total. The molecule has 1 aliphatic carbocycles. The van der Waals surface area contributed by atoms with Gasteiger partial charge in [-0.3, -0.25) is 4.68 Å². The van der Waals surface area contributed by atoms with Gasteiger partial charge in [-0.05, 0) is 25.0 Å². The molecule has 1 saturated carbocycles. The number of pyridine rings is 1. The number of methoxy groups -OCH3 is 2. The first-order chi connectivity index (χ1) is 16.0. The van der Waals surface area contributed by atoms with Crippen LogP contribution in [0.15, 0.2) is 24.4 Å². The van der Waals surface area contributed by atoms with Crippen molar-refractivity contribution in [2.45, 2.75) is 44.1 Å². The lowest BCUT2D eigenvalue weighted by molar-refractivity contribution is -0.150. The van der Waals surface area contributed by atoms with Crippen LogP contribution in [0.4, 0.5) is 32.2 Å². The van der Waals surface area contributed by atoms with Crippen LogP contribution in [0.1, 0.15) is 24.1 Å². The van der Waals surface area contributed by atoms with Crippen LogP contribution in [0.25, 0.3) is 0 Å². The number of hydrogen-bond donors (Lipinski definition) is 0. The highest BCUT2D eigenvalue weighted by molar-refractivity contribution is 5.41. The van der Waals surface area contributed by atoms with Crippen LogP contribution in [-0.2, 0) is 28.4 Å². The smallest absolute Gasteiger partial charge is 0.433 e. The fourth-order valence-electron chi connectivity index (χ4n) is 4.64. The molecule has 0 radical (unpaired) electrons. The predicted molar refractivity (Wildman–Crippen MR) is 107 cm³/mol. The molecule has 2 fully saturated rings. The first-order valence-corrected chi connectivity index (χ1v) is 10.6. The Morgan fingerprint density at radius 3 is 2.15 bits per heavy atom. The Morgan fingerprint density at radius 2 is 1.65 bits per heavy atom. The second-order valence-corrected chi connectivity index (χ2v) is 8.44. The molecule has 2 bridgehead atoms. The van der Waals surface area contributed by atoms with Crippen LogP contribution >= 0.6 is 0 Å². The van der Waals surface area contributed by atoms with Gasteiger partial charge in [-0.2, -0.15) is 26.3 Å². The molecule has 2 aromatic heterocycles. The van der Waals surface area contributed by atoms with E-state index in [2.05, 4.69) is 10.1 Å². The van der Waals surface area contributed by atoms with Crippen LogP contribution in [-0.4, -0.2) is 54.5 Å². The molecule has 3 heterocycles. The average molecular weight is 494 g/mol. The van der Waals surface area contributed by atoms with Crippen LogP contribution in [0.2, 0.25) is 0 Å². The molecule has 0 spiro atoms. The second-order valence-electron chi connectivity index (χ2n) is 8.44. The summed E-state index contributed by atoms with van der Waals surface area (Å²) in [6.07, 6.45) is -7.99. The van der Waals surface area contributed by atoms with E-state index < -0.39 is 29.9 Å². The van der Waals surface area contributed by atoms with Crippen molar-refractivity contribution in [1.82, 2.24) is 14.8 Å². The Bertz CT molecular complexity index is 960. The van der Waals surface area contributed by atoms with Gasteiger partial charge in [-0.15, -0.1) is 5.10 Å². The van der Waals surface area contributed by atoms with Crippen molar-refractivity contribution in [3.63, 3.8) is 0 Å². The predicted octanol–water partition coefficient (Wildman–Crippen LogP) is 4.23. The van der Waals surface area contributed by atoms with Gasteiger partial charge in [0.05, 0.1) is 12.1 Å². The third-order valence-electron chi connectivity index (χ3n) is 6.30. The van der Waals surface area contributed by atoms with Crippen LogP contribution in [0, 0.1) is 11.8 Å². The maximum atomic E-state index is 13.5. The molecule has 1 saturated heterocycles. The number of rotatable bonds is 7. The molecule has 3 atom stereocenters. The topological polar surface area (TPSA) is 61.6 Å². The highest BCUT2D eigenvalue weighted by atomic mass is 19.4. The zero-order valence-electron chi connectivity index (χ0n) is 18.4. The van der Waals surface area contributed by atoms with Gasteiger partial charge in [-0.1, -0.05) is 0 Å². The lowest BCUT2D eigenvalue weighted by atomic mass is 9.94. The summed E-state index contributed by atoms with van der Waals surface area (Å²) in [5.74, 6) is 0.250. The summed E-state index contributed by atoms with van der Waals surface area (Å²) in [5.41, 5.74) is -1.79. The number of halogens is 6. The Labute approximate surface area is 191 Å². The van der Waals surface area contributed by atoms with E-state index >= 15 is 0 Å². The molecule has 13 heteroatoms. The summed E-state index contributed by atoms with van der Waals surface area (Å²) in [6.45, 7) is 0.680. The SMILES string of the molecule is COC(Cn1nc(O[C@@H]2[C@@H]3CC[C@H]2CN(c2ccc(C(F)(F)F)cn2)C3)cc1C(F)(F)F)OC. The van der Waals surface area contributed by atoms with E-state index in [1.165, 1.54) is 20.3 Å². The quantitative estimate of drug-likeness (QED) is 0.424. The number of nitrogens with zero attached hydrogens (tertiary/aromatic N) is 4. The minimum absolute atomic E-state index is 0.0203. The van der Waals surface area contributed by atoms with Gasteiger partial charge in [0.2, 0.25) is 5.88 Å². The highest BCUT2D eigenvalue weighted by Gasteiger charge is 2.45. The fourth-order valence-corrected chi connectivity index (χ4v) is 4.64. The summed E-state index contributed by atoms with van der Waals surface area (Å²) in [4.78, 5) is 5.85. The van der Waals surface area contributed by atoms with E-state index in [0.29, 0.717) is 18.9 Å². The zero-order valence-corrected chi connectivity index (χ0v) is 18.4. The monoisotopic (exact) mass is 494 g/mol. The van der Waals surface area contributed by atoms with Gasteiger partial charge >= 0.3 is 12.4 Å². The zero-order chi connectivity index (χ0) is 24.7. The molecule has 0 unspecified atom stereocenters. The van der Waals surface area contributed by atoms with E-state index in [4.69, 9.17) is 14.2 Å². The lowest BCUT2D eigenvalue weighted by Gasteiger charge is -2.38. The summed E-state index contributed by atoms with van der Waals surface area (Å²) in [7, 11) is 2.64. The third kappa shape index (κ3) is 5.09. The number of aromatic nitrogens is 3. The standard InChI is InChI=1S/C21H24F6N4O3/c1-32-18(33-2)11-31-15(21(25,26)27)7-17(29-31)34-19-12-3-4-13(19)10-30(9-12)16-6-5-14(8-28-16)20(22,23)24/h5-8,12-13,18-19H,3-4,9-11H2,1-2H3/t12-,13+,19-. The first-order valence-electron chi connectivity index (χ1n) is 10.6. The third-order valence-corrected chi connectivity index (χ3v) is 6.30. The van der Waals surface area contributed by atoms with Crippen molar-refractivity contribution < 1.29 is 40.6 Å². The summed E-state index contributed by atoms with van der Waals surface area (Å²) in [5, 5.41) is 3.99. The van der Waals surface area contributed by atoms with Crippen molar-refractivity contribution in [3.05, 3.63) is 35.7 Å². The molecule has 4 rings (SSSR count). The van der Waals surface area contributed by atoms with Crippen molar-refractivity contribution in [1.29, 1.82) is 0 Å².